The first kappa shape index (κ1) is 12.1. The molecule has 0 aliphatic heterocycles. The Morgan fingerprint density at radius 1 is 1.38 bits per heavy atom. The van der Waals surface area contributed by atoms with Crippen molar-refractivity contribution in [1.29, 1.82) is 0 Å². The Balaban J connectivity index is 2.28. The maximum atomic E-state index is 11.0. The van der Waals surface area contributed by atoms with Gasteiger partial charge in [-0.1, -0.05) is 30.9 Å². The molecule has 1 aromatic rings. The van der Waals surface area contributed by atoms with Crippen LogP contribution in [0.3, 0.4) is 0 Å². The van der Waals surface area contributed by atoms with Crippen molar-refractivity contribution in [2.24, 2.45) is 0 Å². The van der Waals surface area contributed by atoms with Gasteiger partial charge in [-0.05, 0) is 11.6 Å². The third kappa shape index (κ3) is 4.04. The zero-order valence-corrected chi connectivity index (χ0v) is 9.02. The van der Waals surface area contributed by atoms with Gasteiger partial charge in [0.25, 0.3) is 0 Å². The van der Waals surface area contributed by atoms with Crippen LogP contribution in [0, 0.1) is 0 Å². The second kappa shape index (κ2) is 6.50. The van der Waals surface area contributed by atoms with Crippen LogP contribution in [-0.2, 0) is 15.9 Å². The highest BCUT2D eigenvalue weighted by atomic mass is 16.7. The van der Waals surface area contributed by atoms with Crippen LogP contribution in [0.4, 0.5) is 10.5 Å². The first-order valence-electron chi connectivity index (χ1n) is 4.98. The molecule has 0 aliphatic rings. The molecule has 4 nitrogen and oxygen atoms in total. The normalized spacial score (nSPS) is 9.50. The lowest BCUT2D eigenvalue weighted by Crippen LogP contribution is -2.10. The van der Waals surface area contributed by atoms with Crippen molar-refractivity contribution in [2.75, 3.05) is 18.9 Å². The van der Waals surface area contributed by atoms with E-state index in [1.807, 2.05) is 24.3 Å². The van der Waals surface area contributed by atoms with Crippen molar-refractivity contribution in [2.45, 2.75) is 6.42 Å². The quantitative estimate of drug-likeness (QED) is 0.470. The van der Waals surface area contributed by atoms with Crippen molar-refractivity contribution in [3.05, 3.63) is 42.5 Å². The molecule has 2 N–H and O–H groups in total. The molecule has 86 valence electrons. The van der Waals surface area contributed by atoms with Crippen molar-refractivity contribution >= 4 is 11.8 Å². The molecular weight excluding hydrogens is 206 g/mol. The molecule has 1 rings (SSSR count). The van der Waals surface area contributed by atoms with Gasteiger partial charge in [-0.3, -0.25) is 0 Å². The second-order valence-corrected chi connectivity index (χ2v) is 3.15. The summed E-state index contributed by atoms with van der Waals surface area (Å²) in [5, 5.41) is 0. The van der Waals surface area contributed by atoms with Gasteiger partial charge in [0.1, 0.15) is 6.61 Å². The first-order chi connectivity index (χ1) is 7.74. The fourth-order valence-corrected chi connectivity index (χ4v) is 1.17. The van der Waals surface area contributed by atoms with Crippen LogP contribution in [0.2, 0.25) is 0 Å². The highest BCUT2D eigenvalue weighted by Crippen LogP contribution is 2.10. The highest BCUT2D eigenvalue weighted by molar-refractivity contribution is 5.60. The Morgan fingerprint density at radius 2 is 2.12 bits per heavy atom. The molecule has 0 aromatic heterocycles. The Kier molecular flexibility index (Phi) is 4.92. The van der Waals surface area contributed by atoms with E-state index in [1.165, 1.54) is 6.08 Å². The third-order valence-corrected chi connectivity index (χ3v) is 1.97. The fourth-order valence-electron chi connectivity index (χ4n) is 1.17. The fraction of sp³-hybridized carbons (Fsp3) is 0.250. The van der Waals surface area contributed by atoms with Crippen LogP contribution >= 0.6 is 0 Å². The number of hydrogen-bond acceptors (Lipinski definition) is 4. The monoisotopic (exact) mass is 221 g/mol. The predicted molar refractivity (Wildman–Crippen MR) is 62.1 cm³/mol. The molecule has 0 atom stereocenters. The number of carbonyl (C=O) groups excluding carboxylic acids is 1. The number of nitrogen functional groups attached to an aromatic ring is 1. The lowest BCUT2D eigenvalue weighted by atomic mass is 10.1. The molecule has 0 heterocycles. The van der Waals surface area contributed by atoms with Crippen LogP contribution in [0.5, 0.6) is 0 Å². The lowest BCUT2D eigenvalue weighted by Gasteiger charge is -2.06. The minimum absolute atomic E-state index is 0.159. The highest BCUT2D eigenvalue weighted by Gasteiger charge is 2.03. The molecular formula is C12H15NO3. The summed E-state index contributed by atoms with van der Waals surface area (Å²) >= 11 is 0. The summed E-state index contributed by atoms with van der Waals surface area (Å²) in [6.45, 7) is 3.84. The van der Waals surface area contributed by atoms with Gasteiger partial charge in [0.2, 0.25) is 0 Å². The summed E-state index contributed by atoms with van der Waals surface area (Å²) in [6.07, 6.45) is 1.38. The van der Waals surface area contributed by atoms with E-state index in [4.69, 9.17) is 10.5 Å². The molecule has 0 bridgehead atoms. The number of hydrogen-bond donors (Lipinski definition) is 1. The van der Waals surface area contributed by atoms with Crippen LogP contribution in [-0.4, -0.2) is 19.4 Å². The van der Waals surface area contributed by atoms with E-state index in [9.17, 15) is 4.79 Å². The second-order valence-electron chi connectivity index (χ2n) is 3.15. The van der Waals surface area contributed by atoms with Crippen molar-refractivity contribution in [1.82, 2.24) is 0 Å². The average molecular weight is 221 g/mol. The van der Waals surface area contributed by atoms with Crippen LogP contribution in [0.25, 0.3) is 0 Å². The van der Waals surface area contributed by atoms with Gasteiger partial charge >= 0.3 is 6.16 Å². The third-order valence-electron chi connectivity index (χ3n) is 1.97. The number of nitrogens with two attached hydrogens (primary N) is 1. The summed E-state index contributed by atoms with van der Waals surface area (Å²) in [5.41, 5.74) is 7.39. The molecule has 4 heteroatoms. The zero-order valence-electron chi connectivity index (χ0n) is 9.02. The maximum Gasteiger partial charge on any atom is 0.508 e. The first-order valence-corrected chi connectivity index (χ1v) is 4.98. The Hall–Kier alpha value is -1.97. The minimum atomic E-state index is -0.686. The van der Waals surface area contributed by atoms with Crippen molar-refractivity contribution < 1.29 is 14.3 Å². The van der Waals surface area contributed by atoms with E-state index in [1.54, 1.807) is 0 Å². The minimum Gasteiger partial charge on any atom is -0.434 e. The van der Waals surface area contributed by atoms with E-state index in [-0.39, 0.29) is 13.2 Å². The van der Waals surface area contributed by atoms with Crippen molar-refractivity contribution in [3.63, 3.8) is 0 Å². The number of ether oxygens (including phenoxy) is 2. The van der Waals surface area contributed by atoms with Crippen LogP contribution in [0.15, 0.2) is 36.9 Å². The van der Waals surface area contributed by atoms with Gasteiger partial charge in [0, 0.05) is 12.1 Å². The van der Waals surface area contributed by atoms with Crippen LogP contribution in [0.1, 0.15) is 5.56 Å². The van der Waals surface area contributed by atoms with E-state index < -0.39 is 6.16 Å². The molecule has 0 amide bonds. The molecule has 0 unspecified atom stereocenters. The van der Waals surface area contributed by atoms with Gasteiger partial charge in [0.05, 0.1) is 6.61 Å². The molecule has 0 fully saturated rings. The molecule has 16 heavy (non-hydrogen) atoms. The standard InChI is InChI=1S/C12H15NO3/c1-2-8-15-12(14)16-9-7-10-5-3-4-6-11(10)13/h2-6H,1,7-9,13H2. The summed E-state index contributed by atoms with van der Waals surface area (Å²) < 4.78 is 9.49. The van der Waals surface area contributed by atoms with E-state index in [0.29, 0.717) is 12.1 Å². The number of carbonyl (C=O) groups is 1. The smallest absolute Gasteiger partial charge is 0.434 e. The summed E-state index contributed by atoms with van der Waals surface area (Å²) in [6, 6.07) is 7.46. The predicted octanol–water partition coefficient (Wildman–Crippen LogP) is 2.15. The molecule has 1 aromatic carbocycles. The lowest BCUT2D eigenvalue weighted by molar-refractivity contribution is 0.0642. The number of benzene rings is 1. The Morgan fingerprint density at radius 3 is 2.81 bits per heavy atom. The summed E-state index contributed by atoms with van der Waals surface area (Å²) in [5.74, 6) is 0. The van der Waals surface area contributed by atoms with Gasteiger partial charge in [-0.2, -0.15) is 0 Å². The zero-order chi connectivity index (χ0) is 11.8. The van der Waals surface area contributed by atoms with Gasteiger partial charge in [0.15, 0.2) is 0 Å². The van der Waals surface area contributed by atoms with Gasteiger partial charge < -0.3 is 15.2 Å². The van der Waals surface area contributed by atoms with E-state index in [0.717, 1.165) is 5.56 Å². The van der Waals surface area contributed by atoms with E-state index in [2.05, 4.69) is 11.3 Å². The summed E-state index contributed by atoms with van der Waals surface area (Å²) in [4.78, 5) is 11.0. The van der Waals surface area contributed by atoms with Crippen molar-refractivity contribution in [3.8, 4) is 0 Å². The SMILES string of the molecule is C=CCOC(=O)OCCc1ccccc1N. The average Bonchev–Trinajstić information content (AvgIpc) is 2.29. The van der Waals surface area contributed by atoms with Gasteiger partial charge in [-0.25, -0.2) is 4.79 Å². The maximum absolute atomic E-state index is 11.0. The number of rotatable bonds is 5. The topological polar surface area (TPSA) is 61.5 Å². The molecule has 0 saturated carbocycles. The van der Waals surface area contributed by atoms with Gasteiger partial charge in [-0.15, -0.1) is 0 Å². The molecule has 0 spiro atoms. The van der Waals surface area contributed by atoms with Crippen LogP contribution < -0.4 is 5.73 Å². The Bertz CT molecular complexity index is 363. The Labute approximate surface area is 94.7 Å². The number of para-hydroxylation sites is 1. The largest absolute Gasteiger partial charge is 0.508 e. The van der Waals surface area contributed by atoms with E-state index >= 15 is 0 Å². The molecule has 0 radical (unpaired) electrons. The molecule has 0 aliphatic carbocycles. The molecule has 0 saturated heterocycles. The summed E-state index contributed by atoms with van der Waals surface area (Å²) in [7, 11) is 0. The number of anilines is 1.